The number of amides is 1. The minimum Gasteiger partial charge on any atom is -0.385 e. The van der Waals surface area contributed by atoms with Crippen molar-refractivity contribution in [2.75, 3.05) is 49.7 Å². The number of ether oxygens (including phenoxy) is 1. The molecule has 1 fully saturated rings. The fraction of sp³-hybridized carbons (Fsp3) is 0.476. The van der Waals surface area contributed by atoms with Crippen LogP contribution in [0.4, 0.5) is 17.2 Å². The number of piperazine rings is 1. The van der Waals surface area contributed by atoms with E-state index in [1.54, 1.807) is 31.8 Å². The van der Waals surface area contributed by atoms with Crippen molar-refractivity contribution in [2.24, 2.45) is 5.92 Å². The van der Waals surface area contributed by atoms with Crippen LogP contribution in [0.1, 0.15) is 12.0 Å². The average molecular weight is 426 g/mol. The van der Waals surface area contributed by atoms with E-state index >= 15 is 0 Å². The summed E-state index contributed by atoms with van der Waals surface area (Å²) in [7, 11) is 1.63. The molecule has 4 rings (SSSR count). The number of hydrogen-bond acceptors (Lipinski definition) is 8. The number of nitro benzene ring substituents is 1. The molecule has 2 aromatic rings. The van der Waals surface area contributed by atoms with Crippen molar-refractivity contribution >= 4 is 23.1 Å². The minimum atomic E-state index is -0.391. The molecule has 0 radical (unpaired) electrons. The third kappa shape index (κ3) is 4.43. The predicted molar refractivity (Wildman–Crippen MR) is 115 cm³/mol. The largest absolute Gasteiger partial charge is 0.385 e. The van der Waals surface area contributed by atoms with Crippen molar-refractivity contribution < 1.29 is 14.5 Å². The maximum absolute atomic E-state index is 13.1. The van der Waals surface area contributed by atoms with E-state index in [2.05, 4.69) is 25.1 Å². The Morgan fingerprint density at radius 3 is 2.97 bits per heavy atom. The number of rotatable bonds is 7. The van der Waals surface area contributed by atoms with Crippen LogP contribution in [0.2, 0.25) is 0 Å². The third-order valence-electron chi connectivity index (χ3n) is 5.94. The monoisotopic (exact) mass is 426 g/mol. The normalized spacial score (nSPS) is 20.0. The van der Waals surface area contributed by atoms with Gasteiger partial charge in [-0.2, -0.15) is 0 Å². The Hall–Kier alpha value is -3.27. The van der Waals surface area contributed by atoms with Crippen LogP contribution in [-0.2, 0) is 16.0 Å². The molecule has 2 aliphatic heterocycles. The highest BCUT2D eigenvalue weighted by Crippen LogP contribution is 2.38. The van der Waals surface area contributed by atoms with Gasteiger partial charge in [0.2, 0.25) is 5.91 Å². The zero-order valence-corrected chi connectivity index (χ0v) is 17.4. The fourth-order valence-corrected chi connectivity index (χ4v) is 4.44. The number of nitro groups is 1. The molecule has 164 valence electrons. The van der Waals surface area contributed by atoms with E-state index in [9.17, 15) is 14.9 Å². The van der Waals surface area contributed by atoms with Gasteiger partial charge in [0, 0.05) is 70.1 Å². The number of aromatic nitrogens is 2. The van der Waals surface area contributed by atoms with Gasteiger partial charge >= 0.3 is 0 Å². The molecule has 0 saturated carbocycles. The molecule has 0 unspecified atom stereocenters. The molecule has 2 atom stereocenters. The van der Waals surface area contributed by atoms with E-state index in [4.69, 9.17) is 4.74 Å². The second-order valence-corrected chi connectivity index (χ2v) is 7.79. The van der Waals surface area contributed by atoms with Crippen LogP contribution in [0.25, 0.3) is 0 Å². The number of methoxy groups -OCH3 is 1. The van der Waals surface area contributed by atoms with Gasteiger partial charge in [-0.15, -0.1) is 0 Å². The number of non-ortho nitro benzene ring substituents is 1. The van der Waals surface area contributed by atoms with Crippen LogP contribution < -0.4 is 15.1 Å². The van der Waals surface area contributed by atoms with Crippen molar-refractivity contribution in [1.29, 1.82) is 0 Å². The summed E-state index contributed by atoms with van der Waals surface area (Å²) >= 11 is 0. The Kier molecular flexibility index (Phi) is 6.26. The first-order valence-electron chi connectivity index (χ1n) is 10.4. The van der Waals surface area contributed by atoms with Crippen molar-refractivity contribution in [3.63, 3.8) is 0 Å². The van der Waals surface area contributed by atoms with Gasteiger partial charge in [0.15, 0.2) is 0 Å². The SMILES string of the molecule is COCCCNC(=O)[C@@H]1Cc2cc([N+](=O)[O-])ccc2N2CCN(c3cnccn3)C[C@H]12. The first kappa shape index (κ1) is 21.0. The van der Waals surface area contributed by atoms with E-state index < -0.39 is 4.92 Å². The van der Waals surface area contributed by atoms with Gasteiger partial charge in [-0.3, -0.25) is 19.9 Å². The lowest BCUT2D eigenvalue weighted by molar-refractivity contribution is -0.384. The van der Waals surface area contributed by atoms with Crippen LogP contribution in [0.3, 0.4) is 0 Å². The Morgan fingerprint density at radius 2 is 2.23 bits per heavy atom. The van der Waals surface area contributed by atoms with E-state index in [1.807, 2.05) is 6.07 Å². The lowest BCUT2D eigenvalue weighted by Gasteiger charge is -2.49. The zero-order chi connectivity index (χ0) is 21.8. The first-order valence-corrected chi connectivity index (χ1v) is 10.4. The maximum atomic E-state index is 13.1. The lowest BCUT2D eigenvalue weighted by atomic mass is 9.83. The molecule has 1 N–H and O–H groups in total. The minimum absolute atomic E-state index is 0.0377. The number of benzene rings is 1. The van der Waals surface area contributed by atoms with Crippen LogP contribution >= 0.6 is 0 Å². The Balaban J connectivity index is 1.60. The lowest BCUT2D eigenvalue weighted by Crippen LogP contribution is -2.61. The highest BCUT2D eigenvalue weighted by molar-refractivity contribution is 5.82. The maximum Gasteiger partial charge on any atom is 0.269 e. The van der Waals surface area contributed by atoms with Gasteiger partial charge in [0.25, 0.3) is 5.69 Å². The topological polar surface area (TPSA) is 114 Å². The van der Waals surface area contributed by atoms with E-state index in [1.165, 1.54) is 6.07 Å². The van der Waals surface area contributed by atoms with Crippen molar-refractivity contribution in [3.8, 4) is 0 Å². The van der Waals surface area contributed by atoms with Crippen LogP contribution in [0.5, 0.6) is 0 Å². The molecule has 1 aromatic heterocycles. The third-order valence-corrected chi connectivity index (χ3v) is 5.94. The van der Waals surface area contributed by atoms with Gasteiger partial charge in [-0.1, -0.05) is 0 Å². The van der Waals surface area contributed by atoms with Gasteiger partial charge in [0.1, 0.15) is 5.82 Å². The summed E-state index contributed by atoms with van der Waals surface area (Å²) in [6.45, 7) is 3.17. The summed E-state index contributed by atoms with van der Waals surface area (Å²) in [4.78, 5) is 36.9. The predicted octanol–water partition coefficient (Wildman–Crippen LogP) is 1.40. The molecule has 0 aliphatic carbocycles. The molecular weight excluding hydrogens is 400 g/mol. The molecule has 1 saturated heterocycles. The van der Waals surface area contributed by atoms with E-state index in [0.29, 0.717) is 32.7 Å². The van der Waals surface area contributed by atoms with Gasteiger partial charge in [0.05, 0.1) is 23.1 Å². The summed E-state index contributed by atoms with van der Waals surface area (Å²) in [6, 6.07) is 4.89. The number of fused-ring (bicyclic) bond motifs is 3. The highest BCUT2D eigenvalue weighted by atomic mass is 16.6. The zero-order valence-electron chi connectivity index (χ0n) is 17.4. The average Bonchev–Trinajstić information content (AvgIpc) is 2.81. The van der Waals surface area contributed by atoms with Gasteiger partial charge in [-0.05, 0) is 24.5 Å². The molecular formula is C21H26N6O4. The quantitative estimate of drug-likeness (QED) is 0.402. The number of nitrogens with zero attached hydrogens (tertiary/aromatic N) is 5. The van der Waals surface area contributed by atoms with Crippen molar-refractivity contribution in [1.82, 2.24) is 15.3 Å². The van der Waals surface area contributed by atoms with Crippen LogP contribution in [0, 0.1) is 16.0 Å². The molecule has 3 heterocycles. The number of anilines is 2. The summed E-state index contributed by atoms with van der Waals surface area (Å²) < 4.78 is 5.06. The van der Waals surface area contributed by atoms with E-state index in [0.717, 1.165) is 30.0 Å². The number of carbonyl (C=O) groups excluding carboxylic acids is 1. The first-order chi connectivity index (χ1) is 15.1. The van der Waals surface area contributed by atoms with Gasteiger partial charge < -0.3 is 19.9 Å². The molecule has 10 nitrogen and oxygen atoms in total. The molecule has 1 amide bonds. The Labute approximate surface area is 180 Å². The second kappa shape index (κ2) is 9.25. The van der Waals surface area contributed by atoms with E-state index in [-0.39, 0.29) is 23.6 Å². The molecule has 2 aliphatic rings. The van der Waals surface area contributed by atoms with Crippen molar-refractivity contribution in [3.05, 3.63) is 52.5 Å². The highest BCUT2D eigenvalue weighted by Gasteiger charge is 2.42. The number of carbonyl (C=O) groups is 1. The summed E-state index contributed by atoms with van der Waals surface area (Å²) in [5.74, 6) is 0.427. The summed E-state index contributed by atoms with van der Waals surface area (Å²) in [5, 5.41) is 14.3. The van der Waals surface area contributed by atoms with Crippen molar-refractivity contribution in [2.45, 2.75) is 18.9 Å². The fourth-order valence-electron chi connectivity index (χ4n) is 4.44. The van der Waals surface area contributed by atoms with Crippen LogP contribution in [-0.4, -0.2) is 66.7 Å². The molecule has 31 heavy (non-hydrogen) atoms. The molecule has 10 heteroatoms. The van der Waals surface area contributed by atoms with Crippen LogP contribution in [0.15, 0.2) is 36.8 Å². The van der Waals surface area contributed by atoms with Gasteiger partial charge in [-0.25, -0.2) is 4.98 Å². The Bertz CT molecular complexity index is 941. The smallest absolute Gasteiger partial charge is 0.269 e. The molecule has 1 aromatic carbocycles. The number of nitrogens with one attached hydrogen (secondary N) is 1. The standard InChI is InChI=1S/C21H26N6O4/c1-31-10-2-5-24-21(28)17-12-15-11-16(27(29)30)3-4-18(15)26-9-8-25(14-19(17)26)20-13-22-6-7-23-20/h3-4,6-7,11,13,17,19H,2,5,8-10,12,14H2,1H3,(H,24,28)/t17-,19-/m1/s1. The summed E-state index contributed by atoms with van der Waals surface area (Å²) in [6.07, 6.45) is 6.23. The molecule has 0 spiro atoms. The second-order valence-electron chi connectivity index (χ2n) is 7.79. The Morgan fingerprint density at radius 1 is 1.35 bits per heavy atom. The summed E-state index contributed by atoms with van der Waals surface area (Å²) in [5.41, 5.74) is 1.86. The number of hydrogen-bond donors (Lipinski definition) is 1. The molecule has 0 bridgehead atoms.